The quantitative estimate of drug-likeness (QED) is 0.468. The van der Waals surface area contributed by atoms with Crippen LogP contribution < -0.4 is 0 Å². The molecule has 0 saturated heterocycles. The van der Waals surface area contributed by atoms with Gasteiger partial charge in [0.05, 0.1) is 11.4 Å². The highest BCUT2D eigenvalue weighted by molar-refractivity contribution is 7.15. The van der Waals surface area contributed by atoms with Crippen molar-refractivity contribution in [3.8, 4) is 11.3 Å². The Morgan fingerprint density at radius 2 is 2.29 bits per heavy atom. The van der Waals surface area contributed by atoms with Gasteiger partial charge < -0.3 is 0 Å². The van der Waals surface area contributed by atoms with Crippen molar-refractivity contribution in [2.45, 2.75) is 13.3 Å². The Morgan fingerprint density at radius 1 is 1.41 bits per heavy atom. The van der Waals surface area contributed by atoms with E-state index in [9.17, 15) is 0 Å². The first-order valence-corrected chi connectivity index (χ1v) is 6.74. The highest BCUT2D eigenvalue weighted by atomic mass is 35.5. The molecule has 1 aliphatic rings. The number of benzene rings is 1. The van der Waals surface area contributed by atoms with E-state index in [2.05, 4.69) is 22.8 Å². The molecule has 0 N–H and O–H groups in total. The number of hydrogen-bond donors (Lipinski definition) is 0. The Morgan fingerprint density at radius 3 is 3.18 bits per heavy atom. The molecule has 0 atom stereocenters. The fourth-order valence-corrected chi connectivity index (χ4v) is 3.64. The molecule has 0 fully saturated rings. The van der Waals surface area contributed by atoms with Gasteiger partial charge in [-0.2, -0.15) is 0 Å². The molecule has 0 aliphatic heterocycles. The standard InChI is InChI=1S/C13H9ClN2S/c1-7-6-17-13-15-12-10-3-2-9(14)4-8(10)5-11(12)16(7)13/h2-4,6H,5H2,1H3. The zero-order valence-corrected chi connectivity index (χ0v) is 10.8. The predicted molar refractivity (Wildman–Crippen MR) is 71.1 cm³/mol. The lowest BCUT2D eigenvalue weighted by Gasteiger charge is -1.98. The Balaban J connectivity index is 2.07. The van der Waals surface area contributed by atoms with Gasteiger partial charge in [-0.15, -0.1) is 11.3 Å². The number of nitrogens with zero attached hydrogens (tertiary/aromatic N) is 2. The topological polar surface area (TPSA) is 17.3 Å². The van der Waals surface area contributed by atoms with Gasteiger partial charge in [-0.05, 0) is 24.6 Å². The Bertz CT molecular complexity index is 754. The maximum Gasteiger partial charge on any atom is 0.194 e. The lowest BCUT2D eigenvalue weighted by Crippen LogP contribution is -1.91. The maximum absolute atomic E-state index is 6.04. The van der Waals surface area contributed by atoms with E-state index in [1.807, 2.05) is 12.1 Å². The molecule has 17 heavy (non-hydrogen) atoms. The number of imidazole rings is 1. The normalized spacial score (nSPS) is 13.1. The van der Waals surface area contributed by atoms with Crippen LogP contribution >= 0.6 is 22.9 Å². The second-order valence-corrected chi connectivity index (χ2v) is 5.65. The van der Waals surface area contributed by atoms with Gasteiger partial charge in [-0.25, -0.2) is 4.98 Å². The molecule has 3 aromatic rings. The van der Waals surface area contributed by atoms with E-state index >= 15 is 0 Å². The Hall–Kier alpha value is -1.32. The SMILES string of the molecule is Cc1csc2nc3c(n12)Cc1cc(Cl)ccc1-3. The third kappa shape index (κ3) is 1.18. The Labute approximate surface area is 107 Å². The van der Waals surface area contributed by atoms with E-state index in [1.54, 1.807) is 11.3 Å². The van der Waals surface area contributed by atoms with Crippen LogP contribution in [-0.2, 0) is 6.42 Å². The third-order valence-corrected chi connectivity index (χ3v) is 4.49. The molecule has 0 spiro atoms. The summed E-state index contributed by atoms with van der Waals surface area (Å²) in [5.41, 5.74) is 6.22. The minimum absolute atomic E-state index is 0.803. The molecule has 2 aromatic heterocycles. The van der Waals surface area contributed by atoms with E-state index in [-0.39, 0.29) is 0 Å². The minimum atomic E-state index is 0.803. The fourth-order valence-electron chi connectivity index (χ4n) is 2.56. The van der Waals surface area contributed by atoms with Gasteiger partial charge in [0.2, 0.25) is 0 Å². The number of thiazole rings is 1. The van der Waals surface area contributed by atoms with Crippen LogP contribution in [-0.4, -0.2) is 9.38 Å². The molecule has 1 aliphatic carbocycles. The number of fused-ring (bicyclic) bond motifs is 5. The molecular weight excluding hydrogens is 252 g/mol. The van der Waals surface area contributed by atoms with Crippen molar-refractivity contribution in [1.29, 1.82) is 0 Å². The predicted octanol–water partition coefficient (Wildman–Crippen LogP) is 3.93. The molecular formula is C13H9ClN2S. The van der Waals surface area contributed by atoms with Crippen LogP contribution in [0.3, 0.4) is 0 Å². The van der Waals surface area contributed by atoms with Crippen LogP contribution in [0.25, 0.3) is 16.2 Å². The van der Waals surface area contributed by atoms with E-state index in [4.69, 9.17) is 16.6 Å². The summed E-state index contributed by atoms with van der Waals surface area (Å²) in [6.45, 7) is 2.13. The molecule has 0 unspecified atom stereocenters. The van der Waals surface area contributed by atoms with Crippen LogP contribution in [0.15, 0.2) is 23.6 Å². The monoisotopic (exact) mass is 260 g/mol. The molecule has 0 saturated carbocycles. The molecule has 4 heteroatoms. The number of rotatable bonds is 0. The summed E-state index contributed by atoms with van der Waals surface area (Å²) in [7, 11) is 0. The van der Waals surface area contributed by atoms with Gasteiger partial charge in [0.15, 0.2) is 4.96 Å². The van der Waals surface area contributed by atoms with Gasteiger partial charge in [0.25, 0.3) is 0 Å². The first-order valence-electron chi connectivity index (χ1n) is 5.48. The van der Waals surface area contributed by atoms with Crippen molar-refractivity contribution in [3.05, 3.63) is 45.6 Å². The smallest absolute Gasteiger partial charge is 0.194 e. The summed E-state index contributed by atoms with van der Waals surface area (Å²) in [6, 6.07) is 6.07. The Kier molecular flexibility index (Phi) is 1.78. The minimum Gasteiger partial charge on any atom is -0.291 e. The van der Waals surface area contributed by atoms with Crippen LogP contribution in [0.1, 0.15) is 17.0 Å². The number of halogens is 1. The zero-order chi connectivity index (χ0) is 11.6. The van der Waals surface area contributed by atoms with E-state index in [0.717, 1.165) is 22.1 Å². The summed E-state index contributed by atoms with van der Waals surface area (Å²) >= 11 is 7.74. The molecule has 0 amide bonds. The largest absolute Gasteiger partial charge is 0.291 e. The second kappa shape index (κ2) is 3.12. The average molecular weight is 261 g/mol. The van der Waals surface area contributed by atoms with E-state index in [0.29, 0.717) is 0 Å². The first kappa shape index (κ1) is 9.68. The summed E-state index contributed by atoms with van der Waals surface area (Å²) in [5.74, 6) is 0. The summed E-state index contributed by atoms with van der Waals surface area (Å²) in [5, 5.41) is 2.95. The van der Waals surface area contributed by atoms with Crippen molar-refractivity contribution >= 4 is 27.9 Å². The van der Waals surface area contributed by atoms with Crippen LogP contribution in [0.5, 0.6) is 0 Å². The third-order valence-electron chi connectivity index (χ3n) is 3.31. The van der Waals surface area contributed by atoms with Crippen molar-refractivity contribution in [2.24, 2.45) is 0 Å². The van der Waals surface area contributed by atoms with Crippen molar-refractivity contribution in [3.63, 3.8) is 0 Å². The molecule has 84 valence electrons. The lowest BCUT2D eigenvalue weighted by molar-refractivity contribution is 1.02. The maximum atomic E-state index is 6.04. The summed E-state index contributed by atoms with van der Waals surface area (Å²) in [6.07, 6.45) is 0.934. The molecule has 2 heterocycles. The number of aromatic nitrogens is 2. The van der Waals surface area contributed by atoms with Gasteiger partial charge in [0.1, 0.15) is 0 Å². The molecule has 4 rings (SSSR count). The highest BCUT2D eigenvalue weighted by Gasteiger charge is 2.25. The van der Waals surface area contributed by atoms with Gasteiger partial charge in [-0.3, -0.25) is 4.40 Å². The zero-order valence-electron chi connectivity index (χ0n) is 9.20. The number of hydrogen-bond acceptors (Lipinski definition) is 2. The summed E-state index contributed by atoms with van der Waals surface area (Å²) < 4.78 is 2.26. The second-order valence-electron chi connectivity index (χ2n) is 4.38. The van der Waals surface area contributed by atoms with Crippen LogP contribution in [0, 0.1) is 6.92 Å². The van der Waals surface area contributed by atoms with E-state index in [1.165, 1.54) is 22.5 Å². The van der Waals surface area contributed by atoms with Crippen LogP contribution in [0.2, 0.25) is 5.02 Å². The first-order chi connectivity index (χ1) is 8.24. The van der Waals surface area contributed by atoms with E-state index < -0.39 is 0 Å². The number of aryl methyl sites for hydroxylation is 1. The lowest BCUT2D eigenvalue weighted by atomic mass is 10.1. The molecule has 1 aromatic carbocycles. The van der Waals surface area contributed by atoms with Crippen LogP contribution in [0.4, 0.5) is 0 Å². The van der Waals surface area contributed by atoms with Crippen molar-refractivity contribution in [1.82, 2.24) is 9.38 Å². The van der Waals surface area contributed by atoms with Crippen molar-refractivity contribution in [2.75, 3.05) is 0 Å². The van der Waals surface area contributed by atoms with Gasteiger partial charge in [0, 0.05) is 28.1 Å². The van der Waals surface area contributed by atoms with Gasteiger partial charge in [-0.1, -0.05) is 17.7 Å². The van der Waals surface area contributed by atoms with Crippen molar-refractivity contribution < 1.29 is 0 Å². The molecule has 0 radical (unpaired) electrons. The molecule has 0 bridgehead atoms. The molecule has 2 nitrogen and oxygen atoms in total. The highest BCUT2D eigenvalue weighted by Crippen LogP contribution is 2.39. The average Bonchev–Trinajstić information content (AvgIpc) is 2.89. The summed E-state index contributed by atoms with van der Waals surface area (Å²) in [4.78, 5) is 5.81. The van der Waals surface area contributed by atoms with Gasteiger partial charge >= 0.3 is 0 Å². The fraction of sp³-hybridized carbons (Fsp3) is 0.154.